The molecular formula is C24H46O5. The average Bonchev–Trinajstić information content (AvgIpc) is 3.06. The molecule has 1 heterocycles. The van der Waals surface area contributed by atoms with Gasteiger partial charge in [0, 0.05) is 6.61 Å². The quantitative estimate of drug-likeness (QED) is 0.214. The second kappa shape index (κ2) is 18.3. The van der Waals surface area contributed by atoms with Crippen LogP contribution in [0.3, 0.4) is 0 Å². The van der Waals surface area contributed by atoms with Crippen molar-refractivity contribution in [2.75, 3.05) is 19.8 Å². The summed E-state index contributed by atoms with van der Waals surface area (Å²) in [6.45, 7) is 2.70. The third-order valence-electron chi connectivity index (χ3n) is 5.72. The van der Waals surface area contributed by atoms with Gasteiger partial charge in [0.25, 0.3) is 0 Å². The molecule has 0 aromatic rings. The van der Waals surface area contributed by atoms with Gasteiger partial charge in [-0.2, -0.15) is 0 Å². The van der Waals surface area contributed by atoms with Crippen molar-refractivity contribution < 1.29 is 24.8 Å². The molecule has 0 amide bonds. The SMILES string of the molecule is CCCCCC/C=C/CCCCCCCCCCO[C@H](CO)[C@@H]1OC[C@H](O)[C@@H]1O. The topological polar surface area (TPSA) is 79.2 Å². The van der Waals surface area contributed by atoms with Crippen molar-refractivity contribution in [2.45, 2.75) is 121 Å². The van der Waals surface area contributed by atoms with Crippen molar-refractivity contribution in [2.24, 2.45) is 0 Å². The summed E-state index contributed by atoms with van der Waals surface area (Å²) in [5, 5.41) is 28.8. The molecule has 172 valence electrons. The van der Waals surface area contributed by atoms with Crippen LogP contribution in [0, 0.1) is 0 Å². The molecule has 1 fully saturated rings. The van der Waals surface area contributed by atoms with E-state index in [-0.39, 0.29) is 13.2 Å². The first-order chi connectivity index (χ1) is 14.2. The lowest BCUT2D eigenvalue weighted by Crippen LogP contribution is -2.42. The van der Waals surface area contributed by atoms with Crippen LogP contribution in [0.1, 0.15) is 96.8 Å². The summed E-state index contributed by atoms with van der Waals surface area (Å²) in [5.41, 5.74) is 0. The van der Waals surface area contributed by atoms with Gasteiger partial charge < -0.3 is 24.8 Å². The minimum Gasteiger partial charge on any atom is -0.394 e. The van der Waals surface area contributed by atoms with Crippen LogP contribution in [-0.4, -0.2) is 59.6 Å². The third kappa shape index (κ3) is 12.7. The number of ether oxygens (including phenoxy) is 2. The Balaban J connectivity index is 1.84. The first kappa shape index (κ1) is 26.6. The van der Waals surface area contributed by atoms with E-state index in [9.17, 15) is 15.3 Å². The van der Waals surface area contributed by atoms with Crippen LogP contribution in [0.15, 0.2) is 12.2 Å². The van der Waals surface area contributed by atoms with Gasteiger partial charge in [0.15, 0.2) is 0 Å². The second-order valence-corrected chi connectivity index (χ2v) is 8.39. The zero-order valence-corrected chi connectivity index (χ0v) is 18.6. The molecule has 0 radical (unpaired) electrons. The van der Waals surface area contributed by atoms with Crippen molar-refractivity contribution >= 4 is 0 Å². The van der Waals surface area contributed by atoms with Gasteiger partial charge in [-0.3, -0.25) is 0 Å². The second-order valence-electron chi connectivity index (χ2n) is 8.39. The molecule has 29 heavy (non-hydrogen) atoms. The summed E-state index contributed by atoms with van der Waals surface area (Å²) in [7, 11) is 0. The van der Waals surface area contributed by atoms with Crippen molar-refractivity contribution in [1.82, 2.24) is 0 Å². The summed E-state index contributed by atoms with van der Waals surface area (Å²) >= 11 is 0. The number of aliphatic hydroxyl groups excluding tert-OH is 3. The van der Waals surface area contributed by atoms with E-state index in [1.165, 1.54) is 77.0 Å². The number of hydrogen-bond acceptors (Lipinski definition) is 5. The minimum absolute atomic E-state index is 0.0982. The highest BCUT2D eigenvalue weighted by atomic mass is 16.6. The molecule has 0 aromatic heterocycles. The number of hydrogen-bond donors (Lipinski definition) is 3. The van der Waals surface area contributed by atoms with E-state index in [0.29, 0.717) is 6.61 Å². The molecule has 5 heteroatoms. The van der Waals surface area contributed by atoms with E-state index >= 15 is 0 Å². The van der Waals surface area contributed by atoms with Crippen LogP contribution in [0.5, 0.6) is 0 Å². The van der Waals surface area contributed by atoms with Gasteiger partial charge >= 0.3 is 0 Å². The molecule has 0 spiro atoms. The first-order valence-electron chi connectivity index (χ1n) is 12.1. The smallest absolute Gasteiger partial charge is 0.114 e. The summed E-state index contributed by atoms with van der Waals surface area (Å²) in [4.78, 5) is 0. The third-order valence-corrected chi connectivity index (χ3v) is 5.72. The highest BCUT2D eigenvalue weighted by Crippen LogP contribution is 2.20. The van der Waals surface area contributed by atoms with Crippen LogP contribution < -0.4 is 0 Å². The number of rotatable bonds is 19. The summed E-state index contributed by atoms with van der Waals surface area (Å²) < 4.78 is 11.0. The zero-order chi connectivity index (χ0) is 21.2. The van der Waals surface area contributed by atoms with E-state index in [1.54, 1.807) is 0 Å². The zero-order valence-electron chi connectivity index (χ0n) is 18.6. The van der Waals surface area contributed by atoms with E-state index in [1.807, 2.05) is 0 Å². The Morgan fingerprint density at radius 3 is 1.93 bits per heavy atom. The summed E-state index contributed by atoms with van der Waals surface area (Å²) in [6, 6.07) is 0. The summed E-state index contributed by atoms with van der Waals surface area (Å²) in [5.74, 6) is 0. The Labute approximate surface area is 178 Å². The fourth-order valence-electron chi connectivity index (χ4n) is 3.79. The lowest BCUT2D eigenvalue weighted by atomic mass is 10.1. The molecule has 0 aliphatic carbocycles. The maximum atomic E-state index is 9.83. The van der Waals surface area contributed by atoms with Gasteiger partial charge in [0.1, 0.15) is 24.4 Å². The van der Waals surface area contributed by atoms with Crippen molar-refractivity contribution in [3.8, 4) is 0 Å². The monoisotopic (exact) mass is 414 g/mol. The molecule has 5 nitrogen and oxygen atoms in total. The van der Waals surface area contributed by atoms with Crippen LogP contribution in [-0.2, 0) is 9.47 Å². The Morgan fingerprint density at radius 2 is 1.41 bits per heavy atom. The lowest BCUT2D eigenvalue weighted by Gasteiger charge is -2.24. The molecule has 3 N–H and O–H groups in total. The van der Waals surface area contributed by atoms with Crippen LogP contribution in [0.25, 0.3) is 0 Å². The van der Waals surface area contributed by atoms with Gasteiger partial charge in [-0.1, -0.05) is 76.9 Å². The average molecular weight is 415 g/mol. The Kier molecular flexibility index (Phi) is 16.8. The van der Waals surface area contributed by atoms with Crippen LogP contribution in [0.4, 0.5) is 0 Å². The van der Waals surface area contributed by atoms with Crippen LogP contribution in [0.2, 0.25) is 0 Å². The number of aliphatic hydroxyl groups is 3. The van der Waals surface area contributed by atoms with Crippen LogP contribution >= 0.6 is 0 Å². The van der Waals surface area contributed by atoms with Crippen molar-refractivity contribution in [1.29, 1.82) is 0 Å². The van der Waals surface area contributed by atoms with E-state index in [4.69, 9.17) is 9.47 Å². The molecule has 0 saturated carbocycles. The van der Waals surface area contributed by atoms with E-state index < -0.39 is 24.4 Å². The fourth-order valence-corrected chi connectivity index (χ4v) is 3.79. The predicted molar refractivity (Wildman–Crippen MR) is 118 cm³/mol. The molecule has 0 aromatic carbocycles. The largest absolute Gasteiger partial charge is 0.394 e. The molecule has 0 unspecified atom stereocenters. The highest BCUT2D eigenvalue weighted by Gasteiger charge is 2.40. The maximum absolute atomic E-state index is 9.83. The van der Waals surface area contributed by atoms with Gasteiger partial charge in [0.2, 0.25) is 0 Å². The molecule has 1 aliphatic rings. The molecular weight excluding hydrogens is 368 g/mol. The number of unbranched alkanes of at least 4 members (excludes halogenated alkanes) is 12. The summed E-state index contributed by atoms with van der Waals surface area (Å²) in [6.07, 6.45) is 19.4. The molecule has 4 atom stereocenters. The lowest BCUT2D eigenvalue weighted by molar-refractivity contribution is -0.101. The molecule has 0 bridgehead atoms. The van der Waals surface area contributed by atoms with Gasteiger partial charge in [0.05, 0.1) is 13.2 Å². The van der Waals surface area contributed by atoms with Crippen molar-refractivity contribution in [3.05, 3.63) is 12.2 Å². The number of allylic oxidation sites excluding steroid dienone is 2. The first-order valence-corrected chi connectivity index (χ1v) is 12.1. The Bertz CT molecular complexity index is 387. The Morgan fingerprint density at radius 1 is 0.862 bits per heavy atom. The molecule has 1 aliphatic heterocycles. The van der Waals surface area contributed by atoms with Gasteiger partial charge in [-0.05, 0) is 32.1 Å². The molecule has 1 rings (SSSR count). The van der Waals surface area contributed by atoms with E-state index in [0.717, 1.165) is 12.8 Å². The van der Waals surface area contributed by atoms with Gasteiger partial charge in [-0.15, -0.1) is 0 Å². The highest BCUT2D eigenvalue weighted by molar-refractivity contribution is 4.88. The predicted octanol–water partition coefficient (Wildman–Crippen LogP) is 4.52. The normalized spacial score (nSPS) is 23.2. The standard InChI is InChI=1S/C24H46O5/c1-2-3-4-5-6-7-8-9-10-11-12-13-14-15-16-17-18-28-22(19-25)24-23(27)21(26)20-29-24/h7-8,21-27H,2-6,9-20H2,1H3/b8-7+/t21-,22+,23-,24-/m0/s1. The van der Waals surface area contributed by atoms with Gasteiger partial charge in [-0.25, -0.2) is 0 Å². The molecule has 1 saturated heterocycles. The minimum atomic E-state index is -0.978. The fraction of sp³-hybridized carbons (Fsp3) is 0.917. The maximum Gasteiger partial charge on any atom is 0.114 e. The Hall–Kier alpha value is -0.460. The van der Waals surface area contributed by atoms with Crippen molar-refractivity contribution in [3.63, 3.8) is 0 Å². The van der Waals surface area contributed by atoms with E-state index in [2.05, 4.69) is 19.1 Å².